The summed E-state index contributed by atoms with van der Waals surface area (Å²) in [6.07, 6.45) is -0.000336. The third-order valence-corrected chi connectivity index (χ3v) is 4.44. The number of hydrogen-bond acceptors (Lipinski definition) is 4. The lowest BCUT2D eigenvalue weighted by molar-refractivity contribution is -0.129. The summed E-state index contributed by atoms with van der Waals surface area (Å²) >= 11 is 0. The van der Waals surface area contributed by atoms with E-state index < -0.39 is 15.7 Å². The Hall–Kier alpha value is -1.94. The summed E-state index contributed by atoms with van der Waals surface area (Å²) in [5.41, 5.74) is 0. The molecular weight excluding hydrogens is 283 g/mol. The molecule has 0 aliphatic carbocycles. The number of benzene rings is 1. The highest BCUT2D eigenvalue weighted by Gasteiger charge is 2.18. The Kier molecular flexibility index (Phi) is 5.65. The molecule has 1 rings (SSSR count). The molecule has 108 valence electrons. The van der Waals surface area contributed by atoms with E-state index in [0.717, 1.165) is 12.1 Å². The first-order valence-corrected chi connectivity index (χ1v) is 7.61. The van der Waals surface area contributed by atoms with Crippen LogP contribution in [0.5, 0.6) is 0 Å². The van der Waals surface area contributed by atoms with Crippen molar-refractivity contribution in [3.63, 3.8) is 0 Å². The average molecular weight is 298 g/mol. The Balaban J connectivity index is 2.65. The summed E-state index contributed by atoms with van der Waals surface area (Å²) in [7, 11) is -2.18. The molecule has 0 N–H and O–H groups in total. The summed E-state index contributed by atoms with van der Waals surface area (Å²) in [6, 6.07) is 6.59. The number of nitriles is 1. The lowest BCUT2D eigenvalue weighted by Crippen LogP contribution is -2.29. The van der Waals surface area contributed by atoms with E-state index in [4.69, 9.17) is 5.26 Å². The maximum absolute atomic E-state index is 13.0. The largest absolute Gasteiger partial charge is 0.345 e. The number of amides is 1. The third-order valence-electron chi connectivity index (χ3n) is 2.72. The SMILES string of the molecule is CN(CCC#N)C(=O)CCS(=O)(=O)c1cccc(F)c1. The molecule has 1 amide bonds. The van der Waals surface area contributed by atoms with Crippen LogP contribution in [0, 0.1) is 17.1 Å². The number of rotatable bonds is 6. The molecule has 0 radical (unpaired) electrons. The topological polar surface area (TPSA) is 78.2 Å². The molecule has 5 nitrogen and oxygen atoms in total. The van der Waals surface area contributed by atoms with Crippen LogP contribution in [0.15, 0.2) is 29.2 Å². The van der Waals surface area contributed by atoms with Crippen molar-refractivity contribution >= 4 is 15.7 Å². The number of carbonyl (C=O) groups excluding carboxylic acids is 1. The number of hydrogen-bond donors (Lipinski definition) is 0. The minimum Gasteiger partial charge on any atom is -0.345 e. The van der Waals surface area contributed by atoms with Crippen LogP contribution in [0.25, 0.3) is 0 Å². The monoisotopic (exact) mass is 298 g/mol. The minimum absolute atomic E-state index is 0.134. The van der Waals surface area contributed by atoms with E-state index in [0.29, 0.717) is 0 Å². The number of sulfone groups is 1. The summed E-state index contributed by atoms with van der Waals surface area (Å²) < 4.78 is 36.9. The average Bonchev–Trinajstić information content (AvgIpc) is 2.42. The van der Waals surface area contributed by atoms with Gasteiger partial charge in [-0.3, -0.25) is 4.79 Å². The van der Waals surface area contributed by atoms with E-state index in [-0.39, 0.29) is 35.9 Å². The van der Waals surface area contributed by atoms with Gasteiger partial charge in [-0.25, -0.2) is 12.8 Å². The zero-order valence-electron chi connectivity index (χ0n) is 11.0. The molecule has 0 unspecified atom stereocenters. The molecule has 0 fully saturated rings. The molecule has 1 aromatic carbocycles. The second-order valence-corrected chi connectivity index (χ2v) is 6.36. The summed E-state index contributed by atoms with van der Waals surface area (Å²) in [6.45, 7) is 0.259. The predicted octanol–water partition coefficient (Wildman–Crippen LogP) is 1.36. The molecule has 7 heteroatoms. The van der Waals surface area contributed by atoms with Crippen LogP contribution < -0.4 is 0 Å². The van der Waals surface area contributed by atoms with Crippen LogP contribution in [-0.2, 0) is 14.6 Å². The molecule has 0 saturated heterocycles. The second-order valence-electron chi connectivity index (χ2n) is 4.25. The highest BCUT2D eigenvalue weighted by atomic mass is 32.2. The molecule has 0 heterocycles. The van der Waals surface area contributed by atoms with Crippen molar-refractivity contribution in [3.05, 3.63) is 30.1 Å². The molecular formula is C13H15FN2O3S. The van der Waals surface area contributed by atoms with Gasteiger partial charge in [-0.15, -0.1) is 0 Å². The van der Waals surface area contributed by atoms with Gasteiger partial charge in [0, 0.05) is 20.0 Å². The number of carbonyl (C=O) groups is 1. The van der Waals surface area contributed by atoms with Crippen molar-refractivity contribution in [2.75, 3.05) is 19.3 Å². The van der Waals surface area contributed by atoms with Crippen LogP contribution in [0.4, 0.5) is 4.39 Å². The van der Waals surface area contributed by atoms with Gasteiger partial charge in [0.1, 0.15) is 5.82 Å². The Morgan fingerprint density at radius 2 is 2.15 bits per heavy atom. The van der Waals surface area contributed by atoms with Gasteiger partial charge in [-0.1, -0.05) is 6.07 Å². The van der Waals surface area contributed by atoms with Gasteiger partial charge >= 0.3 is 0 Å². The maximum Gasteiger partial charge on any atom is 0.223 e. The first-order chi connectivity index (χ1) is 9.36. The molecule has 0 aliphatic rings. The van der Waals surface area contributed by atoms with Crippen molar-refractivity contribution in [1.29, 1.82) is 5.26 Å². The normalized spacial score (nSPS) is 10.8. The quantitative estimate of drug-likeness (QED) is 0.794. The number of nitrogens with zero attached hydrogens (tertiary/aromatic N) is 2. The van der Waals surface area contributed by atoms with E-state index in [9.17, 15) is 17.6 Å². The fourth-order valence-electron chi connectivity index (χ4n) is 1.53. The van der Waals surface area contributed by atoms with Gasteiger partial charge in [0.15, 0.2) is 9.84 Å². The van der Waals surface area contributed by atoms with Gasteiger partial charge in [-0.2, -0.15) is 5.26 Å². The summed E-state index contributed by atoms with van der Waals surface area (Å²) in [4.78, 5) is 12.8. The molecule has 0 aliphatic heterocycles. The predicted molar refractivity (Wildman–Crippen MR) is 70.9 cm³/mol. The van der Waals surface area contributed by atoms with Gasteiger partial charge in [0.2, 0.25) is 5.91 Å². The Bertz CT molecular complexity index is 623. The molecule has 1 aromatic rings. The van der Waals surface area contributed by atoms with Crippen molar-refractivity contribution in [2.24, 2.45) is 0 Å². The molecule has 0 spiro atoms. The van der Waals surface area contributed by atoms with Crippen LogP contribution in [0.2, 0.25) is 0 Å². The van der Waals surface area contributed by atoms with Crippen LogP contribution in [0.3, 0.4) is 0 Å². The molecule has 0 saturated carbocycles. The highest BCUT2D eigenvalue weighted by Crippen LogP contribution is 2.13. The first kappa shape index (κ1) is 16.1. The third kappa shape index (κ3) is 4.63. The summed E-state index contributed by atoms with van der Waals surface area (Å²) in [5.74, 6) is -1.38. The Morgan fingerprint density at radius 3 is 2.75 bits per heavy atom. The second kappa shape index (κ2) is 7.01. The lowest BCUT2D eigenvalue weighted by Gasteiger charge is -2.15. The van der Waals surface area contributed by atoms with E-state index in [1.165, 1.54) is 24.1 Å². The maximum atomic E-state index is 13.0. The fourth-order valence-corrected chi connectivity index (χ4v) is 2.79. The first-order valence-electron chi connectivity index (χ1n) is 5.96. The Labute approximate surface area is 117 Å². The lowest BCUT2D eigenvalue weighted by atomic mass is 10.3. The van der Waals surface area contributed by atoms with Crippen molar-refractivity contribution in [3.8, 4) is 6.07 Å². The molecule has 0 aromatic heterocycles. The molecule has 0 bridgehead atoms. The van der Waals surface area contributed by atoms with E-state index in [1.807, 2.05) is 6.07 Å². The van der Waals surface area contributed by atoms with Crippen molar-refractivity contribution in [1.82, 2.24) is 4.90 Å². The molecule has 20 heavy (non-hydrogen) atoms. The summed E-state index contributed by atoms with van der Waals surface area (Å²) in [5, 5.41) is 8.41. The highest BCUT2D eigenvalue weighted by molar-refractivity contribution is 7.91. The fraction of sp³-hybridized carbons (Fsp3) is 0.385. The zero-order chi connectivity index (χ0) is 15.2. The minimum atomic E-state index is -3.68. The molecule has 0 atom stereocenters. The van der Waals surface area contributed by atoms with Crippen LogP contribution in [-0.4, -0.2) is 38.6 Å². The van der Waals surface area contributed by atoms with Gasteiger partial charge in [0.05, 0.1) is 23.1 Å². The standard InChI is InChI=1S/C13H15FN2O3S/c1-16(8-3-7-15)13(17)6-9-20(18,19)12-5-2-4-11(14)10-12/h2,4-5,10H,3,6,8-9H2,1H3. The van der Waals surface area contributed by atoms with E-state index >= 15 is 0 Å². The van der Waals surface area contributed by atoms with Gasteiger partial charge in [0.25, 0.3) is 0 Å². The zero-order valence-corrected chi connectivity index (χ0v) is 11.9. The van der Waals surface area contributed by atoms with Crippen LogP contribution >= 0.6 is 0 Å². The van der Waals surface area contributed by atoms with Crippen LogP contribution in [0.1, 0.15) is 12.8 Å². The Morgan fingerprint density at radius 1 is 1.45 bits per heavy atom. The van der Waals surface area contributed by atoms with Gasteiger partial charge in [-0.05, 0) is 18.2 Å². The smallest absolute Gasteiger partial charge is 0.223 e. The van der Waals surface area contributed by atoms with E-state index in [1.54, 1.807) is 0 Å². The number of halogens is 1. The van der Waals surface area contributed by atoms with Crippen molar-refractivity contribution in [2.45, 2.75) is 17.7 Å². The van der Waals surface area contributed by atoms with Crippen molar-refractivity contribution < 1.29 is 17.6 Å². The van der Waals surface area contributed by atoms with E-state index in [2.05, 4.69) is 0 Å². The van der Waals surface area contributed by atoms with Gasteiger partial charge < -0.3 is 4.90 Å².